The minimum absolute atomic E-state index is 0.00267. The molecule has 2 saturated heterocycles. The maximum absolute atomic E-state index is 14.3. The molecule has 5 atom stereocenters. The van der Waals surface area contributed by atoms with Crippen LogP contribution in [0.4, 0.5) is 5.69 Å². The highest BCUT2D eigenvalue weighted by Crippen LogP contribution is 2.50. The summed E-state index contributed by atoms with van der Waals surface area (Å²) in [6, 6.07) is 24.6. The van der Waals surface area contributed by atoms with Crippen LogP contribution >= 0.6 is 11.8 Å². The van der Waals surface area contributed by atoms with Gasteiger partial charge in [0, 0.05) is 42.3 Å². The highest BCUT2D eigenvalue weighted by molar-refractivity contribution is 8.00. The molecule has 0 aliphatic carbocycles. The van der Waals surface area contributed by atoms with Crippen LogP contribution in [0.1, 0.15) is 54.1 Å². The van der Waals surface area contributed by atoms with Crippen molar-refractivity contribution >= 4 is 47.0 Å². The van der Waals surface area contributed by atoms with Gasteiger partial charge in [-0.05, 0) is 42.5 Å². The molecule has 0 aromatic heterocycles. The van der Waals surface area contributed by atoms with Gasteiger partial charge in [-0.1, -0.05) is 67.6 Å². The van der Waals surface area contributed by atoms with E-state index in [0.717, 1.165) is 17.3 Å². The van der Waals surface area contributed by atoms with Crippen molar-refractivity contribution in [2.45, 2.75) is 62.3 Å². The van der Waals surface area contributed by atoms with Gasteiger partial charge >= 0.3 is 11.9 Å². The summed E-state index contributed by atoms with van der Waals surface area (Å²) in [5, 5.41) is 22.7. The Morgan fingerprint density at radius 3 is 2.33 bits per heavy atom. The Labute approximate surface area is 304 Å². The average Bonchev–Trinajstić information content (AvgIpc) is 3.17. The second-order valence-corrected chi connectivity index (χ2v) is 14.0. The van der Waals surface area contributed by atoms with Crippen LogP contribution in [0.15, 0.2) is 84.9 Å². The number of amides is 2. The minimum atomic E-state index is -1.71. The Bertz CT molecular complexity index is 1830. The zero-order valence-corrected chi connectivity index (χ0v) is 29.3. The first kappa shape index (κ1) is 37.7. The Hall–Kier alpha value is -5.55. The highest BCUT2D eigenvalue weighted by atomic mass is 32.2. The van der Waals surface area contributed by atoms with Gasteiger partial charge in [-0.15, -0.1) is 11.8 Å². The summed E-state index contributed by atoms with van der Waals surface area (Å²) in [6.45, 7) is 0.534. The van der Waals surface area contributed by atoms with Crippen molar-refractivity contribution in [1.29, 1.82) is 5.26 Å². The van der Waals surface area contributed by atoms with E-state index >= 15 is 0 Å². The number of nitrogens with one attached hydrogen (secondary N) is 1. The van der Waals surface area contributed by atoms with E-state index in [-0.39, 0.29) is 44.0 Å². The maximum atomic E-state index is 14.3. The number of non-ortho nitro benzene ring substituents is 1. The number of hydrogen-bond donors (Lipinski definition) is 1. The van der Waals surface area contributed by atoms with Crippen molar-refractivity contribution < 1.29 is 38.4 Å². The van der Waals surface area contributed by atoms with E-state index in [1.54, 1.807) is 37.3 Å². The van der Waals surface area contributed by atoms with Gasteiger partial charge in [-0.2, -0.15) is 5.26 Å². The van der Waals surface area contributed by atoms with Gasteiger partial charge in [-0.25, -0.2) is 0 Å². The molecule has 3 aromatic rings. The van der Waals surface area contributed by atoms with E-state index in [4.69, 9.17) is 9.47 Å². The van der Waals surface area contributed by atoms with E-state index in [1.165, 1.54) is 29.2 Å². The number of carbonyl (C=O) groups excluding carboxylic acids is 5. The number of ether oxygens (including phenoxy) is 2. The molecular weight excluding hydrogens is 689 g/mol. The van der Waals surface area contributed by atoms with Crippen molar-refractivity contribution in [2.75, 3.05) is 13.2 Å². The Morgan fingerprint density at radius 2 is 1.69 bits per heavy atom. The van der Waals surface area contributed by atoms with Crippen molar-refractivity contribution in [1.82, 2.24) is 10.2 Å². The largest absolute Gasteiger partial charge is 0.464 e. The quantitative estimate of drug-likeness (QED) is 0.0704. The SMILES string of the molecule is CCC(=O)OCC1(C(=O)OCc2ccc([N+](=O)[O-])cc2)CN2C(=O)C(NC(=O)CCCc3ccccc3)[C@H]2SC1CC(C#N)C(=O)c1ccccc1. The number of carbonyl (C=O) groups is 5. The molecule has 14 heteroatoms. The number of nitro benzene ring substituents is 1. The second-order valence-electron chi connectivity index (χ2n) is 12.7. The van der Waals surface area contributed by atoms with Gasteiger partial charge in [0.25, 0.3) is 5.69 Å². The average molecular weight is 727 g/mol. The molecule has 1 N–H and O–H groups in total. The summed E-state index contributed by atoms with van der Waals surface area (Å²) < 4.78 is 11.3. The molecular formula is C38H38N4O9S. The van der Waals surface area contributed by atoms with Gasteiger partial charge in [0.1, 0.15) is 36.0 Å². The molecule has 2 heterocycles. The smallest absolute Gasteiger partial charge is 0.318 e. The summed E-state index contributed by atoms with van der Waals surface area (Å²) in [5.41, 5.74) is -0.0160. The normalized spacial score (nSPS) is 21.0. The molecule has 13 nitrogen and oxygen atoms in total. The zero-order valence-electron chi connectivity index (χ0n) is 28.5. The number of hydrogen-bond acceptors (Lipinski definition) is 11. The third-order valence-electron chi connectivity index (χ3n) is 9.23. The predicted octanol–water partition coefficient (Wildman–Crippen LogP) is 4.78. The van der Waals surface area contributed by atoms with Crippen LogP contribution in [-0.2, 0) is 41.7 Å². The number of Topliss-reactive ketones (excluding diaryl/α,β-unsaturated/α-hetero) is 1. The lowest BCUT2D eigenvalue weighted by Gasteiger charge is -2.57. The van der Waals surface area contributed by atoms with E-state index in [2.05, 4.69) is 11.4 Å². The number of benzene rings is 3. The Balaban J connectivity index is 1.40. The van der Waals surface area contributed by atoms with Crippen LogP contribution in [0.25, 0.3) is 0 Å². The maximum Gasteiger partial charge on any atom is 0.318 e. The van der Waals surface area contributed by atoms with Crippen molar-refractivity contribution in [3.8, 4) is 6.07 Å². The first-order chi connectivity index (χ1) is 25.1. The van der Waals surface area contributed by atoms with Gasteiger partial charge < -0.3 is 19.7 Å². The molecule has 2 amide bonds. The summed E-state index contributed by atoms with van der Waals surface area (Å²) in [4.78, 5) is 78.8. The number of nitrogens with zero attached hydrogens (tertiary/aromatic N) is 3. The summed E-state index contributed by atoms with van der Waals surface area (Å²) in [6.07, 6.45) is 1.29. The molecule has 52 heavy (non-hydrogen) atoms. The summed E-state index contributed by atoms with van der Waals surface area (Å²) in [7, 11) is 0. The number of rotatable bonds is 16. The van der Waals surface area contributed by atoms with E-state index in [9.17, 15) is 39.3 Å². The molecule has 0 spiro atoms. The molecule has 2 aliphatic rings. The van der Waals surface area contributed by atoms with E-state index in [1.807, 2.05) is 30.3 Å². The van der Waals surface area contributed by atoms with E-state index < -0.39 is 63.2 Å². The molecule has 0 saturated carbocycles. The second kappa shape index (κ2) is 17.1. The van der Waals surface area contributed by atoms with Crippen LogP contribution < -0.4 is 5.32 Å². The number of β-lactam (4-membered cyclic amide) rings is 1. The summed E-state index contributed by atoms with van der Waals surface area (Å²) >= 11 is 1.15. The number of esters is 2. The molecule has 3 aromatic carbocycles. The van der Waals surface area contributed by atoms with Crippen molar-refractivity contribution in [3.05, 3.63) is 112 Å². The van der Waals surface area contributed by atoms with Gasteiger partial charge in [-0.3, -0.25) is 34.1 Å². The van der Waals surface area contributed by atoms with Crippen LogP contribution in [0, 0.1) is 32.8 Å². The Morgan fingerprint density at radius 1 is 1.02 bits per heavy atom. The van der Waals surface area contributed by atoms with Crippen LogP contribution in [0.3, 0.4) is 0 Å². The number of ketones is 1. The van der Waals surface area contributed by atoms with Crippen molar-refractivity contribution in [2.24, 2.45) is 11.3 Å². The molecule has 2 aliphatic heterocycles. The summed E-state index contributed by atoms with van der Waals surface area (Å²) in [5.74, 6) is -3.86. The topological polar surface area (TPSA) is 186 Å². The lowest BCUT2D eigenvalue weighted by atomic mass is 9.77. The molecule has 5 rings (SSSR count). The number of aryl methyl sites for hydroxylation is 1. The minimum Gasteiger partial charge on any atom is -0.464 e. The number of nitriles is 1. The third-order valence-corrected chi connectivity index (χ3v) is 11.0. The van der Waals surface area contributed by atoms with Gasteiger partial charge in [0.05, 0.1) is 11.0 Å². The fraction of sp³-hybridized carbons (Fsp3) is 0.368. The number of thioether (sulfide) groups is 1. The molecule has 2 fully saturated rings. The van der Waals surface area contributed by atoms with Gasteiger partial charge in [0.2, 0.25) is 11.8 Å². The first-order valence-electron chi connectivity index (χ1n) is 16.9. The van der Waals surface area contributed by atoms with E-state index in [0.29, 0.717) is 24.0 Å². The fourth-order valence-electron chi connectivity index (χ4n) is 6.25. The zero-order chi connectivity index (χ0) is 37.3. The molecule has 270 valence electrons. The van der Waals surface area contributed by atoms with Crippen LogP contribution in [0.2, 0.25) is 0 Å². The predicted molar refractivity (Wildman–Crippen MR) is 189 cm³/mol. The van der Waals surface area contributed by atoms with Crippen LogP contribution in [0.5, 0.6) is 0 Å². The number of nitro groups is 1. The van der Waals surface area contributed by atoms with Crippen molar-refractivity contribution in [3.63, 3.8) is 0 Å². The van der Waals surface area contributed by atoms with Crippen LogP contribution in [-0.4, -0.2) is 69.2 Å². The monoisotopic (exact) mass is 726 g/mol. The lowest BCUT2D eigenvalue weighted by Crippen LogP contribution is -2.75. The standard InChI is InChI=1S/C38H38N4O9S/c1-2-32(44)51-24-38(37(47)50-22-26-16-18-29(19-17-26)42(48)49)23-41-35(46)33(40-31(43)15-9-12-25-10-5-3-6-11-25)36(41)52-30(38)20-28(21-39)34(45)27-13-7-4-8-14-27/h3-8,10-11,13-14,16-19,28,30,33,36H,2,9,12,15,20,22-24H2,1H3,(H,40,43)/t28?,30?,33?,36-,38?/m1/s1. The Kier molecular flexibility index (Phi) is 12.4. The number of fused-ring (bicyclic) bond motifs is 1. The first-order valence-corrected chi connectivity index (χ1v) is 17.8. The molecule has 0 radical (unpaired) electrons. The lowest BCUT2D eigenvalue weighted by molar-refractivity contribution is -0.384. The highest BCUT2D eigenvalue weighted by Gasteiger charge is 2.63. The fourth-order valence-corrected chi connectivity index (χ4v) is 8.06. The third kappa shape index (κ3) is 8.66. The molecule has 4 unspecified atom stereocenters. The van der Waals surface area contributed by atoms with Gasteiger partial charge in [0.15, 0.2) is 5.78 Å². The molecule has 0 bridgehead atoms.